The first kappa shape index (κ1) is 31.7. The van der Waals surface area contributed by atoms with Crippen molar-refractivity contribution in [3.8, 4) is 5.75 Å². The highest BCUT2D eigenvalue weighted by molar-refractivity contribution is 6.01. The lowest BCUT2D eigenvalue weighted by Gasteiger charge is -2.31. The van der Waals surface area contributed by atoms with Crippen molar-refractivity contribution in [1.29, 1.82) is 0 Å². The summed E-state index contributed by atoms with van der Waals surface area (Å²) in [6.45, 7) is 0.0872. The van der Waals surface area contributed by atoms with Crippen molar-refractivity contribution in [1.82, 2.24) is 10.9 Å². The number of hydrazine groups is 1. The Morgan fingerprint density at radius 3 is 2.29 bits per heavy atom. The Labute approximate surface area is 257 Å². The highest BCUT2D eigenvalue weighted by Crippen LogP contribution is 2.42. The van der Waals surface area contributed by atoms with Crippen molar-refractivity contribution >= 4 is 11.8 Å². The van der Waals surface area contributed by atoms with E-state index in [-0.39, 0.29) is 31.0 Å². The molecule has 0 radical (unpaired) electrons. The van der Waals surface area contributed by atoms with Crippen LogP contribution in [-0.4, -0.2) is 35.7 Å². The molecule has 0 saturated heterocycles. The lowest BCUT2D eigenvalue weighted by Crippen LogP contribution is -2.53. The largest absolute Gasteiger partial charge is 0.494 e. The first-order chi connectivity index (χ1) is 21.7. The number of alkyl halides is 3. The van der Waals surface area contributed by atoms with Crippen molar-refractivity contribution in [2.75, 3.05) is 13.2 Å². The molecule has 7 nitrogen and oxygen atoms in total. The molecule has 4 aromatic rings. The van der Waals surface area contributed by atoms with Crippen LogP contribution in [0.15, 0.2) is 108 Å². The van der Waals surface area contributed by atoms with E-state index in [4.69, 9.17) is 19.6 Å². The molecular weight excluding hydrogens is 590 g/mol. The number of benzene rings is 4. The number of hydrogen-bond donors (Lipinski definition) is 3. The van der Waals surface area contributed by atoms with Gasteiger partial charge in [-0.25, -0.2) is 14.8 Å². The van der Waals surface area contributed by atoms with Crippen LogP contribution in [0.3, 0.4) is 0 Å². The lowest BCUT2D eigenvalue weighted by atomic mass is 9.82. The maximum absolute atomic E-state index is 14.2. The van der Waals surface area contributed by atoms with Crippen LogP contribution in [0.4, 0.5) is 17.6 Å². The van der Waals surface area contributed by atoms with E-state index in [9.17, 15) is 22.4 Å². The highest BCUT2D eigenvalue weighted by atomic mass is 19.4. The third-order valence-corrected chi connectivity index (χ3v) is 7.23. The predicted octanol–water partition coefficient (Wildman–Crippen LogP) is 5.93. The number of aliphatic imine (C=N–C) groups is 1. The number of carbonyl (C=O) groups is 1. The molecule has 1 aliphatic heterocycles. The molecule has 11 heteroatoms. The third kappa shape index (κ3) is 7.68. The van der Waals surface area contributed by atoms with E-state index in [0.29, 0.717) is 36.0 Å². The maximum atomic E-state index is 14.2. The molecule has 0 unspecified atom stereocenters. The number of ether oxygens (including phenoxy) is 2. The Balaban J connectivity index is 1.47. The molecule has 0 aliphatic carbocycles. The second-order valence-corrected chi connectivity index (χ2v) is 10.5. The van der Waals surface area contributed by atoms with Gasteiger partial charge in [0.05, 0.1) is 12.2 Å². The molecule has 0 saturated carbocycles. The molecule has 1 heterocycles. The zero-order chi connectivity index (χ0) is 31.9. The normalized spacial score (nSPS) is 17.8. The van der Waals surface area contributed by atoms with Crippen LogP contribution in [0.5, 0.6) is 5.75 Å². The molecule has 0 aromatic heterocycles. The number of halogens is 4. The highest BCUT2D eigenvalue weighted by Gasteiger charge is 2.53. The van der Waals surface area contributed by atoms with E-state index in [2.05, 4.69) is 10.9 Å². The molecule has 1 amide bonds. The minimum absolute atomic E-state index is 0.00694. The van der Waals surface area contributed by atoms with Crippen molar-refractivity contribution in [3.05, 3.63) is 137 Å². The van der Waals surface area contributed by atoms with Gasteiger partial charge in [0.15, 0.2) is 11.6 Å². The van der Waals surface area contributed by atoms with Gasteiger partial charge >= 0.3 is 6.18 Å². The molecule has 2 atom stereocenters. The fraction of sp³-hybridized carbons (Fsp3) is 0.235. The molecule has 4 aromatic carbocycles. The number of hydrogen-bond acceptors (Lipinski definition) is 6. The number of nitrogens with one attached hydrogen (secondary N) is 2. The number of rotatable bonds is 12. The Morgan fingerprint density at radius 1 is 0.933 bits per heavy atom. The van der Waals surface area contributed by atoms with E-state index in [1.54, 1.807) is 24.3 Å². The number of carbonyl (C=O) groups excluding carboxylic acids is 1. The fourth-order valence-corrected chi connectivity index (χ4v) is 5.07. The van der Waals surface area contributed by atoms with Crippen molar-refractivity contribution in [2.24, 2.45) is 4.99 Å². The molecular formula is C34H31F4N3O4. The summed E-state index contributed by atoms with van der Waals surface area (Å²) in [5.74, 6) is -0.821. The van der Waals surface area contributed by atoms with Gasteiger partial charge < -0.3 is 14.6 Å². The minimum atomic E-state index is -4.72. The molecule has 3 N–H and O–H groups in total. The second-order valence-electron chi connectivity index (χ2n) is 10.5. The Kier molecular flexibility index (Phi) is 9.80. The number of aliphatic hydroxyl groups excluding tert-OH is 1. The fourth-order valence-electron chi connectivity index (χ4n) is 5.07. The number of aliphatic hydroxyl groups is 1. The zero-order valence-electron chi connectivity index (χ0n) is 24.1. The summed E-state index contributed by atoms with van der Waals surface area (Å²) < 4.78 is 65.7. The SMILES string of the molecule is O=C(NNCc1cc(F)cc(C(F)(F)F)c1)[C@@]1(Cc2ccccc2)N=C(c2ccc(OCCCO)cc2)O[C@H]1c1ccccc1. The van der Waals surface area contributed by atoms with Crippen LogP contribution in [0.2, 0.25) is 0 Å². The maximum Gasteiger partial charge on any atom is 0.416 e. The van der Waals surface area contributed by atoms with Crippen molar-refractivity contribution < 1.29 is 36.9 Å². The Bertz CT molecular complexity index is 1620. The smallest absolute Gasteiger partial charge is 0.416 e. The van der Waals surface area contributed by atoms with Crippen LogP contribution < -0.4 is 15.6 Å². The summed E-state index contributed by atoms with van der Waals surface area (Å²) in [5.41, 5.74) is 4.67. The van der Waals surface area contributed by atoms with Crippen molar-refractivity contribution in [2.45, 2.75) is 37.2 Å². The monoisotopic (exact) mass is 621 g/mol. The molecule has 1 aliphatic rings. The van der Waals surface area contributed by atoms with Gasteiger partial charge in [0, 0.05) is 31.6 Å². The van der Waals surface area contributed by atoms with Crippen LogP contribution >= 0.6 is 0 Å². The van der Waals surface area contributed by atoms with Gasteiger partial charge in [-0.05, 0) is 59.2 Å². The minimum Gasteiger partial charge on any atom is -0.494 e. The Hall–Kier alpha value is -4.74. The molecule has 234 valence electrons. The summed E-state index contributed by atoms with van der Waals surface area (Å²) in [6.07, 6.45) is -4.98. The summed E-state index contributed by atoms with van der Waals surface area (Å²) in [7, 11) is 0. The van der Waals surface area contributed by atoms with Gasteiger partial charge in [-0.1, -0.05) is 60.7 Å². The molecule has 0 bridgehead atoms. The molecule has 45 heavy (non-hydrogen) atoms. The quantitative estimate of drug-likeness (QED) is 0.104. The van der Waals surface area contributed by atoms with Crippen LogP contribution in [0.25, 0.3) is 0 Å². The molecule has 5 rings (SSSR count). The summed E-state index contributed by atoms with van der Waals surface area (Å²) in [6, 6.07) is 27.6. The Morgan fingerprint density at radius 2 is 1.62 bits per heavy atom. The average Bonchev–Trinajstić information content (AvgIpc) is 3.42. The van der Waals surface area contributed by atoms with Gasteiger partial charge in [-0.2, -0.15) is 13.2 Å². The van der Waals surface area contributed by atoms with E-state index in [1.165, 1.54) is 0 Å². The van der Waals surface area contributed by atoms with Gasteiger partial charge in [0.1, 0.15) is 11.6 Å². The van der Waals surface area contributed by atoms with Gasteiger partial charge in [-0.15, -0.1) is 0 Å². The van der Waals surface area contributed by atoms with E-state index in [0.717, 1.165) is 17.7 Å². The second kappa shape index (κ2) is 13.9. The van der Waals surface area contributed by atoms with E-state index >= 15 is 0 Å². The third-order valence-electron chi connectivity index (χ3n) is 7.23. The lowest BCUT2D eigenvalue weighted by molar-refractivity contribution is -0.138. The van der Waals surface area contributed by atoms with Gasteiger partial charge in [0.25, 0.3) is 5.91 Å². The molecule has 0 fully saturated rings. The van der Waals surface area contributed by atoms with Crippen LogP contribution in [0.1, 0.15) is 40.3 Å². The average molecular weight is 622 g/mol. The first-order valence-electron chi connectivity index (χ1n) is 14.3. The van der Waals surface area contributed by atoms with Crippen molar-refractivity contribution in [3.63, 3.8) is 0 Å². The summed E-state index contributed by atoms with van der Waals surface area (Å²) in [4.78, 5) is 19.1. The first-order valence-corrected chi connectivity index (χ1v) is 14.3. The standard InChI is InChI=1S/C34H31F4N3O4/c35-28-19-24(18-27(20-28)34(36,37)38)22-39-41-32(43)33(21-23-8-3-1-4-9-23)30(25-10-5-2-6-11-25)45-31(40-33)26-12-14-29(15-13-26)44-17-7-16-42/h1-6,8-15,18-20,30,39,42H,7,16-17,21-22H2,(H,41,43)/t30-,33-/m0/s1. The van der Waals surface area contributed by atoms with E-state index < -0.39 is 35.1 Å². The van der Waals surface area contributed by atoms with Crippen LogP contribution in [-0.2, 0) is 28.7 Å². The predicted molar refractivity (Wildman–Crippen MR) is 160 cm³/mol. The molecule has 0 spiro atoms. The summed E-state index contributed by atoms with van der Waals surface area (Å²) >= 11 is 0. The summed E-state index contributed by atoms with van der Waals surface area (Å²) in [5, 5.41) is 9.01. The van der Waals surface area contributed by atoms with Crippen LogP contribution in [0, 0.1) is 5.82 Å². The van der Waals surface area contributed by atoms with Gasteiger partial charge in [0.2, 0.25) is 5.90 Å². The number of amides is 1. The number of nitrogens with zero attached hydrogens (tertiary/aromatic N) is 1. The van der Waals surface area contributed by atoms with Gasteiger partial charge in [-0.3, -0.25) is 10.2 Å². The zero-order valence-corrected chi connectivity index (χ0v) is 24.1. The van der Waals surface area contributed by atoms with E-state index in [1.807, 2.05) is 60.7 Å². The topological polar surface area (TPSA) is 92.2 Å².